The van der Waals surface area contributed by atoms with E-state index in [0.717, 1.165) is 12.8 Å². The maximum atomic E-state index is 10.7. The standard InChI is InChI=1S/C21H22O2/c1-21(23)19-17-15-13-11-9-7-5-3-2-4-6-8-10-12-14-16-18-20-22/h22H,3,6,9,12,15,17-20H2,1H3. The van der Waals surface area contributed by atoms with E-state index in [0.29, 0.717) is 38.5 Å². The fourth-order valence-electron chi connectivity index (χ4n) is 1.34. The Labute approximate surface area is 140 Å². The number of aliphatic hydroxyl groups excluding tert-OH is 1. The Bertz CT molecular complexity index is 643. The van der Waals surface area contributed by atoms with Crippen molar-refractivity contribution >= 4 is 5.78 Å². The van der Waals surface area contributed by atoms with Gasteiger partial charge in [-0.25, -0.2) is 0 Å². The van der Waals surface area contributed by atoms with Crippen molar-refractivity contribution in [2.75, 3.05) is 6.61 Å². The Hall–Kier alpha value is -2.57. The molecule has 2 heteroatoms. The Balaban J connectivity index is 3.67. The van der Waals surface area contributed by atoms with Crippen LogP contribution in [-0.2, 0) is 4.79 Å². The third kappa shape index (κ3) is 19.4. The van der Waals surface area contributed by atoms with Gasteiger partial charge in [-0.3, -0.25) is 0 Å². The van der Waals surface area contributed by atoms with Crippen molar-refractivity contribution in [1.29, 1.82) is 0 Å². The molecule has 0 aliphatic carbocycles. The van der Waals surface area contributed by atoms with Crippen molar-refractivity contribution < 1.29 is 9.90 Å². The number of hydrogen-bond donors (Lipinski definition) is 1. The second kappa shape index (κ2) is 17.5. The molecule has 0 fully saturated rings. The Kier molecular flexibility index (Phi) is 15.5. The SMILES string of the molecule is CC(=O)CCCC#CCC#CCC#CCC#CCC#CCCO. The van der Waals surface area contributed by atoms with Gasteiger partial charge in [0.2, 0.25) is 0 Å². The van der Waals surface area contributed by atoms with E-state index in [4.69, 9.17) is 5.11 Å². The molecule has 0 amide bonds. The van der Waals surface area contributed by atoms with Crippen LogP contribution >= 0.6 is 0 Å². The van der Waals surface area contributed by atoms with Crippen LogP contribution in [-0.4, -0.2) is 17.5 Å². The Morgan fingerprint density at radius 3 is 1.48 bits per heavy atom. The number of rotatable bonds is 4. The van der Waals surface area contributed by atoms with Crippen molar-refractivity contribution in [3.63, 3.8) is 0 Å². The van der Waals surface area contributed by atoms with Crippen molar-refractivity contribution in [2.45, 2.75) is 58.3 Å². The van der Waals surface area contributed by atoms with E-state index in [1.807, 2.05) is 0 Å². The highest BCUT2D eigenvalue weighted by atomic mass is 16.2. The van der Waals surface area contributed by atoms with Crippen LogP contribution in [0.4, 0.5) is 0 Å². The second-order valence-corrected chi connectivity index (χ2v) is 4.50. The quantitative estimate of drug-likeness (QED) is 0.640. The number of unbranched alkanes of at least 4 members (excludes halogenated alkanes) is 1. The van der Waals surface area contributed by atoms with Crippen molar-refractivity contribution in [2.24, 2.45) is 0 Å². The van der Waals surface area contributed by atoms with E-state index in [9.17, 15) is 4.79 Å². The Morgan fingerprint density at radius 1 is 0.696 bits per heavy atom. The van der Waals surface area contributed by atoms with Gasteiger partial charge in [-0.05, 0) is 13.3 Å². The number of ketones is 1. The number of hydrogen-bond acceptors (Lipinski definition) is 2. The van der Waals surface area contributed by atoms with Crippen LogP contribution in [0.5, 0.6) is 0 Å². The van der Waals surface area contributed by atoms with Gasteiger partial charge in [0, 0.05) is 19.3 Å². The molecule has 0 rings (SSSR count). The van der Waals surface area contributed by atoms with Crippen molar-refractivity contribution in [3.8, 4) is 59.2 Å². The van der Waals surface area contributed by atoms with Crippen LogP contribution in [0.1, 0.15) is 58.3 Å². The maximum Gasteiger partial charge on any atom is 0.129 e. The fraction of sp³-hybridized carbons (Fsp3) is 0.476. The molecule has 23 heavy (non-hydrogen) atoms. The van der Waals surface area contributed by atoms with Crippen LogP contribution in [0.3, 0.4) is 0 Å². The smallest absolute Gasteiger partial charge is 0.129 e. The molecule has 0 aromatic heterocycles. The maximum absolute atomic E-state index is 10.7. The average molecular weight is 306 g/mol. The summed E-state index contributed by atoms with van der Waals surface area (Å²) in [6.45, 7) is 1.69. The molecule has 118 valence electrons. The van der Waals surface area contributed by atoms with Gasteiger partial charge in [0.15, 0.2) is 0 Å². The summed E-state index contributed by atoms with van der Waals surface area (Å²) in [7, 11) is 0. The van der Waals surface area contributed by atoms with E-state index in [1.54, 1.807) is 6.92 Å². The monoisotopic (exact) mass is 306 g/mol. The van der Waals surface area contributed by atoms with Gasteiger partial charge in [-0.2, -0.15) is 0 Å². The van der Waals surface area contributed by atoms with Gasteiger partial charge in [0.1, 0.15) is 5.78 Å². The van der Waals surface area contributed by atoms with Gasteiger partial charge in [0.05, 0.1) is 32.3 Å². The molecule has 0 saturated carbocycles. The summed E-state index contributed by atoms with van der Waals surface area (Å²) in [5, 5.41) is 8.52. The summed E-state index contributed by atoms with van der Waals surface area (Å²) in [5.74, 6) is 29.4. The highest BCUT2D eigenvalue weighted by Crippen LogP contribution is 1.94. The van der Waals surface area contributed by atoms with Crippen molar-refractivity contribution in [1.82, 2.24) is 0 Å². The van der Waals surface area contributed by atoms with Crippen LogP contribution in [0.2, 0.25) is 0 Å². The number of carbonyl (C=O) groups is 1. The first-order valence-corrected chi connectivity index (χ1v) is 7.66. The molecule has 0 aromatic rings. The van der Waals surface area contributed by atoms with Crippen LogP contribution < -0.4 is 0 Å². The second-order valence-electron chi connectivity index (χ2n) is 4.50. The normalized spacial score (nSPS) is 7.57. The highest BCUT2D eigenvalue weighted by molar-refractivity contribution is 5.75. The molecule has 2 nitrogen and oxygen atoms in total. The molecule has 0 aliphatic heterocycles. The summed E-state index contributed by atoms with van der Waals surface area (Å²) < 4.78 is 0. The van der Waals surface area contributed by atoms with Gasteiger partial charge < -0.3 is 9.90 Å². The molecule has 0 aromatic carbocycles. The number of Topliss-reactive ketones (excluding diaryl/α,β-unsaturated/α-hetero) is 1. The van der Waals surface area contributed by atoms with Gasteiger partial charge in [-0.15, -0.1) is 5.92 Å². The summed E-state index contributed by atoms with van der Waals surface area (Å²) >= 11 is 0. The first-order chi connectivity index (χ1) is 11.3. The lowest BCUT2D eigenvalue weighted by molar-refractivity contribution is -0.117. The van der Waals surface area contributed by atoms with Gasteiger partial charge in [0.25, 0.3) is 0 Å². The van der Waals surface area contributed by atoms with Crippen LogP contribution in [0, 0.1) is 59.2 Å². The number of aliphatic hydroxyl groups is 1. The molecule has 1 N–H and O–H groups in total. The molecule has 0 bridgehead atoms. The minimum atomic E-state index is 0.0956. The summed E-state index contributed by atoms with van der Waals surface area (Å²) in [6, 6.07) is 0. The Morgan fingerprint density at radius 2 is 1.09 bits per heavy atom. The summed E-state index contributed by atoms with van der Waals surface area (Å²) in [5.41, 5.74) is 0. The van der Waals surface area contributed by atoms with E-state index in [-0.39, 0.29) is 12.4 Å². The first kappa shape index (κ1) is 20.4. The summed E-state index contributed by atoms with van der Waals surface area (Å²) in [4.78, 5) is 10.7. The van der Waals surface area contributed by atoms with E-state index < -0.39 is 0 Å². The zero-order valence-corrected chi connectivity index (χ0v) is 13.7. The molecule has 0 aliphatic rings. The van der Waals surface area contributed by atoms with Gasteiger partial charge >= 0.3 is 0 Å². The lowest BCUT2D eigenvalue weighted by Crippen LogP contribution is -1.87. The predicted octanol–water partition coefficient (Wildman–Crippen LogP) is 2.71. The predicted molar refractivity (Wildman–Crippen MR) is 93.6 cm³/mol. The van der Waals surface area contributed by atoms with Crippen LogP contribution in [0.15, 0.2) is 0 Å². The molecule has 0 unspecified atom stereocenters. The van der Waals surface area contributed by atoms with E-state index in [1.165, 1.54) is 0 Å². The van der Waals surface area contributed by atoms with E-state index >= 15 is 0 Å². The third-order valence-corrected chi connectivity index (χ3v) is 2.40. The summed E-state index contributed by atoms with van der Waals surface area (Å²) in [6.07, 6.45) is 4.82. The molecule has 0 heterocycles. The lowest BCUT2D eigenvalue weighted by Gasteiger charge is -1.87. The third-order valence-electron chi connectivity index (χ3n) is 2.40. The fourth-order valence-corrected chi connectivity index (χ4v) is 1.34. The topological polar surface area (TPSA) is 37.3 Å². The van der Waals surface area contributed by atoms with E-state index in [2.05, 4.69) is 59.2 Å². The zero-order valence-electron chi connectivity index (χ0n) is 13.7. The zero-order chi connectivity index (χ0) is 17.0. The van der Waals surface area contributed by atoms with Crippen molar-refractivity contribution in [3.05, 3.63) is 0 Å². The largest absolute Gasteiger partial charge is 0.395 e. The minimum absolute atomic E-state index is 0.0956. The molecule has 0 atom stereocenters. The van der Waals surface area contributed by atoms with Gasteiger partial charge in [-0.1, -0.05) is 53.3 Å². The molecular formula is C21H22O2. The lowest BCUT2D eigenvalue weighted by atomic mass is 10.2. The highest BCUT2D eigenvalue weighted by Gasteiger charge is 1.89. The van der Waals surface area contributed by atoms with Crippen LogP contribution in [0.25, 0.3) is 0 Å². The molecule has 0 saturated heterocycles. The first-order valence-electron chi connectivity index (χ1n) is 7.66. The minimum Gasteiger partial charge on any atom is -0.395 e. The molecule has 0 radical (unpaired) electrons. The average Bonchev–Trinajstić information content (AvgIpc) is 2.53. The molecular weight excluding hydrogens is 284 g/mol. The number of carbonyl (C=O) groups excluding carboxylic acids is 1. The molecule has 0 spiro atoms.